The predicted octanol–water partition coefficient (Wildman–Crippen LogP) is 3.52. The van der Waals surface area contributed by atoms with Crippen molar-refractivity contribution < 1.29 is 0 Å². The molecular weight excluding hydrogens is 232 g/mol. The molecule has 19 heavy (non-hydrogen) atoms. The fraction of sp³-hybridized carbons (Fsp3) is 1.00. The fourth-order valence-electron chi connectivity index (χ4n) is 4.63. The maximum atomic E-state index is 3.69. The Hall–Kier alpha value is -0.0800. The molecule has 0 amide bonds. The molecule has 0 aromatic carbocycles. The lowest BCUT2D eigenvalue weighted by molar-refractivity contribution is 0.00881. The molecule has 1 aliphatic heterocycles. The first kappa shape index (κ1) is 15.3. The van der Waals surface area contributed by atoms with Gasteiger partial charge in [-0.1, -0.05) is 41.5 Å². The molecule has 1 heterocycles. The molecule has 1 saturated carbocycles. The van der Waals surface area contributed by atoms with Gasteiger partial charge in [-0.25, -0.2) is 0 Å². The first-order valence-corrected chi connectivity index (χ1v) is 8.16. The van der Waals surface area contributed by atoms with Crippen molar-refractivity contribution in [3.8, 4) is 0 Å². The van der Waals surface area contributed by atoms with Crippen molar-refractivity contribution in [3.05, 3.63) is 0 Å². The van der Waals surface area contributed by atoms with E-state index in [1.807, 2.05) is 0 Å². The van der Waals surface area contributed by atoms with E-state index in [-0.39, 0.29) is 0 Å². The van der Waals surface area contributed by atoms with Crippen LogP contribution in [-0.2, 0) is 0 Å². The molecular formula is C17H34N2. The van der Waals surface area contributed by atoms with Crippen molar-refractivity contribution >= 4 is 0 Å². The largest absolute Gasteiger partial charge is 0.311 e. The minimum absolute atomic E-state index is 0.505. The topological polar surface area (TPSA) is 15.3 Å². The number of nitrogens with zero attached hydrogens (tertiary/aromatic N) is 1. The van der Waals surface area contributed by atoms with Crippen LogP contribution in [0.3, 0.4) is 0 Å². The lowest BCUT2D eigenvalue weighted by atomic mass is 9.63. The van der Waals surface area contributed by atoms with Gasteiger partial charge in [0.15, 0.2) is 0 Å². The third-order valence-corrected chi connectivity index (χ3v) is 5.09. The van der Waals surface area contributed by atoms with Crippen LogP contribution in [-0.4, -0.2) is 36.6 Å². The van der Waals surface area contributed by atoms with Crippen LogP contribution in [0.25, 0.3) is 0 Å². The smallest absolute Gasteiger partial charge is 0.0218 e. The van der Waals surface area contributed by atoms with Gasteiger partial charge in [-0.2, -0.15) is 0 Å². The molecule has 1 saturated heterocycles. The molecule has 2 rings (SSSR count). The molecule has 0 aromatic rings. The molecule has 1 unspecified atom stereocenters. The number of piperazine rings is 1. The van der Waals surface area contributed by atoms with Crippen molar-refractivity contribution in [2.75, 3.05) is 19.6 Å². The quantitative estimate of drug-likeness (QED) is 0.822. The molecule has 0 radical (unpaired) electrons. The standard InChI is InChI=1S/C17H34N2/c1-13(2)15-11-19(8-7-18-15)14-9-16(3,4)12-17(5,6)10-14/h13-15,18H,7-12H2,1-6H3. The second-order valence-electron chi connectivity index (χ2n) is 8.87. The van der Waals surface area contributed by atoms with Gasteiger partial charge in [0.2, 0.25) is 0 Å². The Bertz CT molecular complexity index is 290. The normalized spacial score (nSPS) is 32.7. The van der Waals surface area contributed by atoms with E-state index in [0.717, 1.165) is 12.0 Å². The lowest BCUT2D eigenvalue weighted by Crippen LogP contribution is -2.58. The van der Waals surface area contributed by atoms with Gasteiger partial charge in [-0.05, 0) is 36.0 Å². The highest BCUT2D eigenvalue weighted by Gasteiger charge is 2.41. The maximum absolute atomic E-state index is 3.69. The van der Waals surface area contributed by atoms with Crippen molar-refractivity contribution in [3.63, 3.8) is 0 Å². The predicted molar refractivity (Wildman–Crippen MR) is 83.4 cm³/mol. The zero-order valence-electron chi connectivity index (χ0n) is 13.9. The Balaban J connectivity index is 2.04. The van der Waals surface area contributed by atoms with Crippen LogP contribution >= 0.6 is 0 Å². The molecule has 1 aliphatic carbocycles. The summed E-state index contributed by atoms with van der Waals surface area (Å²) in [6, 6.07) is 1.48. The molecule has 2 heteroatoms. The van der Waals surface area contributed by atoms with Gasteiger partial charge in [0.25, 0.3) is 0 Å². The summed E-state index contributed by atoms with van der Waals surface area (Å²) in [5.74, 6) is 0.743. The Morgan fingerprint density at radius 1 is 1.05 bits per heavy atom. The first-order valence-electron chi connectivity index (χ1n) is 8.16. The van der Waals surface area contributed by atoms with E-state index in [0.29, 0.717) is 16.9 Å². The monoisotopic (exact) mass is 266 g/mol. The maximum Gasteiger partial charge on any atom is 0.0218 e. The molecule has 1 atom stereocenters. The minimum Gasteiger partial charge on any atom is -0.311 e. The van der Waals surface area contributed by atoms with Crippen LogP contribution in [0.1, 0.15) is 60.8 Å². The summed E-state index contributed by atoms with van der Waals surface area (Å²) in [5, 5.41) is 3.69. The highest BCUT2D eigenvalue weighted by molar-refractivity contribution is 4.95. The first-order chi connectivity index (χ1) is 8.69. The Labute approximate surface area is 120 Å². The van der Waals surface area contributed by atoms with Crippen molar-refractivity contribution in [2.24, 2.45) is 16.7 Å². The zero-order valence-corrected chi connectivity index (χ0v) is 13.9. The Morgan fingerprint density at radius 2 is 1.63 bits per heavy atom. The summed E-state index contributed by atoms with van der Waals surface area (Å²) >= 11 is 0. The van der Waals surface area contributed by atoms with E-state index in [4.69, 9.17) is 0 Å². The van der Waals surface area contributed by atoms with Crippen LogP contribution in [0, 0.1) is 16.7 Å². The van der Waals surface area contributed by atoms with Gasteiger partial charge >= 0.3 is 0 Å². The highest BCUT2D eigenvalue weighted by atomic mass is 15.2. The van der Waals surface area contributed by atoms with Crippen molar-refractivity contribution in [1.29, 1.82) is 0 Å². The van der Waals surface area contributed by atoms with Crippen LogP contribution in [0.5, 0.6) is 0 Å². The number of hydrogen-bond acceptors (Lipinski definition) is 2. The van der Waals surface area contributed by atoms with E-state index >= 15 is 0 Å². The van der Waals surface area contributed by atoms with Crippen LogP contribution in [0.15, 0.2) is 0 Å². The van der Waals surface area contributed by atoms with E-state index in [9.17, 15) is 0 Å². The van der Waals surface area contributed by atoms with E-state index in [1.54, 1.807) is 0 Å². The second kappa shape index (κ2) is 5.37. The second-order valence-corrected chi connectivity index (χ2v) is 8.87. The summed E-state index contributed by atoms with van der Waals surface area (Å²) in [6.45, 7) is 18.2. The van der Waals surface area contributed by atoms with Gasteiger partial charge in [-0.15, -0.1) is 0 Å². The SMILES string of the molecule is CC(C)C1CN(C2CC(C)(C)CC(C)(C)C2)CCN1. The summed E-state index contributed by atoms with van der Waals surface area (Å²) in [5.41, 5.74) is 1.01. The Kier molecular flexibility index (Phi) is 4.32. The Morgan fingerprint density at radius 3 is 2.16 bits per heavy atom. The third kappa shape index (κ3) is 3.95. The molecule has 2 fully saturated rings. The summed E-state index contributed by atoms with van der Waals surface area (Å²) in [7, 11) is 0. The summed E-state index contributed by atoms with van der Waals surface area (Å²) < 4.78 is 0. The minimum atomic E-state index is 0.505. The van der Waals surface area contributed by atoms with E-state index in [2.05, 4.69) is 51.8 Å². The van der Waals surface area contributed by atoms with Gasteiger partial charge < -0.3 is 5.32 Å². The molecule has 1 N–H and O–H groups in total. The fourth-order valence-corrected chi connectivity index (χ4v) is 4.63. The van der Waals surface area contributed by atoms with E-state index < -0.39 is 0 Å². The molecule has 2 nitrogen and oxygen atoms in total. The van der Waals surface area contributed by atoms with Crippen molar-refractivity contribution in [2.45, 2.75) is 72.9 Å². The van der Waals surface area contributed by atoms with Gasteiger partial charge in [0.1, 0.15) is 0 Å². The molecule has 0 spiro atoms. The third-order valence-electron chi connectivity index (χ3n) is 5.09. The average molecular weight is 266 g/mol. The highest BCUT2D eigenvalue weighted by Crippen LogP contribution is 2.47. The van der Waals surface area contributed by atoms with E-state index in [1.165, 1.54) is 38.9 Å². The van der Waals surface area contributed by atoms with Crippen molar-refractivity contribution in [1.82, 2.24) is 10.2 Å². The average Bonchev–Trinajstić information content (AvgIpc) is 2.25. The summed E-state index contributed by atoms with van der Waals surface area (Å²) in [6.07, 6.45) is 4.12. The van der Waals surface area contributed by atoms with Crippen LogP contribution in [0.2, 0.25) is 0 Å². The molecule has 112 valence electrons. The number of rotatable bonds is 2. The van der Waals surface area contributed by atoms with Gasteiger partial charge in [0.05, 0.1) is 0 Å². The van der Waals surface area contributed by atoms with Gasteiger partial charge in [-0.3, -0.25) is 4.90 Å². The molecule has 2 aliphatic rings. The lowest BCUT2D eigenvalue weighted by Gasteiger charge is -2.50. The van der Waals surface area contributed by atoms with Crippen LogP contribution in [0.4, 0.5) is 0 Å². The molecule has 0 aromatic heterocycles. The van der Waals surface area contributed by atoms with Crippen LogP contribution < -0.4 is 5.32 Å². The molecule has 0 bridgehead atoms. The number of nitrogens with one attached hydrogen (secondary N) is 1. The zero-order chi connectivity index (χ0) is 14.3. The number of hydrogen-bond donors (Lipinski definition) is 1. The summed E-state index contributed by atoms with van der Waals surface area (Å²) in [4.78, 5) is 2.78. The van der Waals surface area contributed by atoms with Gasteiger partial charge in [0, 0.05) is 31.7 Å².